The Morgan fingerprint density at radius 2 is 1.86 bits per heavy atom. The molecule has 0 radical (unpaired) electrons. The lowest BCUT2D eigenvalue weighted by atomic mass is 9.81. The van der Waals surface area contributed by atoms with Crippen molar-refractivity contribution < 1.29 is 14.4 Å². The van der Waals surface area contributed by atoms with Crippen LogP contribution in [0.5, 0.6) is 0 Å². The molecule has 1 aliphatic heterocycles. The third-order valence-electron chi connectivity index (χ3n) is 6.70. The van der Waals surface area contributed by atoms with Crippen molar-refractivity contribution in [1.29, 1.82) is 0 Å². The summed E-state index contributed by atoms with van der Waals surface area (Å²) in [6, 6.07) is 6.53. The highest BCUT2D eigenvalue weighted by Gasteiger charge is 2.36. The molecule has 1 saturated carbocycles. The summed E-state index contributed by atoms with van der Waals surface area (Å²) in [7, 11) is 5.53. The van der Waals surface area contributed by atoms with E-state index in [0.29, 0.717) is 29.3 Å². The highest BCUT2D eigenvalue weighted by atomic mass is 35.5. The topological polar surface area (TPSA) is 94.6 Å². The normalized spacial score (nSPS) is 21.6. The standard InChI is InChI=1S/C26H32ClN5O3S.ClH/c1-31(2)26(35)17-7-10-19(28-23(33)11-6-16-4-8-18(27)9-5-16)21(14-17)29-24(34)25-30-20-12-13-32(3)15-22(20)36-25;/h4-6,8-9,11,17,19,21H,7,10,12-15H2,1-3H3,(H,28,33)(H,29,34);1H/t17-,19-,21+;/m0./s1. The largest absolute Gasteiger partial charge is 0.349 e. The first-order valence-electron chi connectivity index (χ1n) is 12.1. The van der Waals surface area contributed by atoms with Gasteiger partial charge in [-0.15, -0.1) is 23.7 Å². The van der Waals surface area contributed by atoms with Crippen LogP contribution in [0.4, 0.5) is 0 Å². The predicted octanol–water partition coefficient (Wildman–Crippen LogP) is 3.39. The molecule has 1 aliphatic carbocycles. The van der Waals surface area contributed by atoms with Crippen molar-refractivity contribution in [3.8, 4) is 0 Å². The zero-order valence-corrected chi connectivity index (χ0v) is 23.6. The number of amides is 3. The average Bonchev–Trinajstić information content (AvgIpc) is 3.27. The number of hydrogen-bond acceptors (Lipinski definition) is 6. The summed E-state index contributed by atoms with van der Waals surface area (Å²) >= 11 is 7.35. The minimum Gasteiger partial charge on any atom is -0.349 e. The Kier molecular flexibility index (Phi) is 10.1. The van der Waals surface area contributed by atoms with Crippen LogP contribution in [-0.4, -0.2) is 72.3 Å². The Labute approximate surface area is 232 Å². The van der Waals surface area contributed by atoms with Gasteiger partial charge in [0.15, 0.2) is 5.01 Å². The molecule has 8 nitrogen and oxygen atoms in total. The van der Waals surface area contributed by atoms with E-state index in [1.807, 2.05) is 12.1 Å². The summed E-state index contributed by atoms with van der Waals surface area (Å²) in [4.78, 5) is 48.1. The van der Waals surface area contributed by atoms with Crippen molar-refractivity contribution in [3.05, 3.63) is 56.5 Å². The first-order chi connectivity index (χ1) is 17.2. The third kappa shape index (κ3) is 7.54. The van der Waals surface area contributed by atoms with E-state index in [0.717, 1.165) is 35.6 Å². The molecule has 11 heteroatoms. The zero-order valence-electron chi connectivity index (χ0n) is 21.2. The van der Waals surface area contributed by atoms with Crippen molar-refractivity contribution >= 4 is 59.1 Å². The number of benzene rings is 1. The molecule has 1 aromatic carbocycles. The molecule has 1 fully saturated rings. The maximum atomic E-state index is 13.2. The van der Waals surface area contributed by atoms with Crippen LogP contribution in [0.15, 0.2) is 30.3 Å². The number of aromatic nitrogens is 1. The number of likely N-dealkylation sites (N-methyl/N-ethyl adjacent to an activating group) is 1. The molecule has 0 saturated heterocycles. The van der Waals surface area contributed by atoms with Gasteiger partial charge in [0.1, 0.15) is 0 Å². The molecule has 0 bridgehead atoms. The Bertz CT molecular complexity index is 1150. The number of halogens is 2. The summed E-state index contributed by atoms with van der Waals surface area (Å²) in [5.74, 6) is -0.675. The Morgan fingerprint density at radius 3 is 2.57 bits per heavy atom. The molecule has 1 aromatic heterocycles. The van der Waals surface area contributed by atoms with Gasteiger partial charge < -0.3 is 20.4 Å². The monoisotopic (exact) mass is 565 g/mol. The fourth-order valence-electron chi connectivity index (χ4n) is 4.72. The van der Waals surface area contributed by atoms with Gasteiger partial charge in [0.05, 0.1) is 11.7 Å². The van der Waals surface area contributed by atoms with Crippen LogP contribution < -0.4 is 10.6 Å². The summed E-state index contributed by atoms with van der Waals surface area (Å²) in [5, 5.41) is 7.19. The predicted molar refractivity (Wildman–Crippen MR) is 149 cm³/mol. The maximum Gasteiger partial charge on any atom is 0.280 e. The molecule has 200 valence electrons. The molecule has 2 heterocycles. The molecule has 3 atom stereocenters. The van der Waals surface area contributed by atoms with Gasteiger partial charge in [-0.1, -0.05) is 23.7 Å². The zero-order chi connectivity index (χ0) is 25.8. The summed E-state index contributed by atoms with van der Waals surface area (Å²) in [6.07, 6.45) is 5.73. The van der Waals surface area contributed by atoms with Crippen LogP contribution in [0, 0.1) is 5.92 Å². The first kappa shape index (κ1) is 29.1. The number of carbonyl (C=O) groups is 3. The van der Waals surface area contributed by atoms with Gasteiger partial charge in [0.25, 0.3) is 5.91 Å². The van der Waals surface area contributed by atoms with E-state index < -0.39 is 0 Å². The molecule has 2 N–H and O–H groups in total. The van der Waals surface area contributed by atoms with Crippen molar-refractivity contribution in [2.45, 2.75) is 44.3 Å². The average molecular weight is 567 g/mol. The summed E-state index contributed by atoms with van der Waals surface area (Å²) < 4.78 is 0. The number of nitrogens with zero attached hydrogens (tertiary/aromatic N) is 3. The smallest absolute Gasteiger partial charge is 0.280 e. The summed E-state index contributed by atoms with van der Waals surface area (Å²) in [5.41, 5.74) is 1.85. The van der Waals surface area contributed by atoms with Gasteiger partial charge in [-0.2, -0.15) is 0 Å². The number of rotatable bonds is 6. The second-order valence-corrected chi connectivity index (χ2v) is 11.2. The van der Waals surface area contributed by atoms with Gasteiger partial charge in [-0.05, 0) is 50.1 Å². The Hall–Kier alpha value is -2.46. The molecule has 2 aliphatic rings. The second-order valence-electron chi connectivity index (χ2n) is 9.70. The van der Waals surface area contributed by atoms with Crippen LogP contribution in [0.1, 0.15) is 45.2 Å². The molecule has 0 unspecified atom stereocenters. The fourth-order valence-corrected chi connectivity index (χ4v) is 5.94. The molecule has 3 amide bonds. The van der Waals surface area contributed by atoms with E-state index >= 15 is 0 Å². The molecular weight excluding hydrogens is 533 g/mol. The lowest BCUT2D eigenvalue weighted by molar-refractivity contribution is -0.134. The van der Waals surface area contributed by atoms with Crippen LogP contribution >= 0.6 is 35.3 Å². The molecular formula is C26H33Cl2N5O3S. The SMILES string of the molecule is CN1CCc2nc(C(=O)N[C@@H]3C[C@@H](C(=O)N(C)C)CC[C@@H]3NC(=O)C=Cc3ccc(Cl)cc3)sc2C1.Cl. The fraction of sp³-hybridized carbons (Fsp3) is 0.462. The van der Waals surface area contributed by atoms with E-state index in [9.17, 15) is 14.4 Å². The number of carbonyl (C=O) groups excluding carboxylic acids is 3. The van der Waals surface area contributed by atoms with Crippen molar-refractivity contribution in [3.63, 3.8) is 0 Å². The number of nitrogens with one attached hydrogen (secondary N) is 2. The van der Waals surface area contributed by atoms with Gasteiger partial charge in [0.2, 0.25) is 11.8 Å². The highest BCUT2D eigenvalue weighted by Crippen LogP contribution is 2.28. The number of fused-ring (bicyclic) bond motifs is 1. The third-order valence-corrected chi connectivity index (χ3v) is 8.03. The molecule has 37 heavy (non-hydrogen) atoms. The Morgan fingerprint density at radius 1 is 1.14 bits per heavy atom. The van der Waals surface area contributed by atoms with Crippen LogP contribution in [0.2, 0.25) is 5.02 Å². The van der Waals surface area contributed by atoms with Crippen molar-refractivity contribution in [1.82, 2.24) is 25.4 Å². The van der Waals surface area contributed by atoms with E-state index in [2.05, 4.69) is 27.6 Å². The highest BCUT2D eigenvalue weighted by molar-refractivity contribution is 7.13. The van der Waals surface area contributed by atoms with Crippen LogP contribution in [-0.2, 0) is 22.6 Å². The molecule has 4 rings (SSSR count). The lowest BCUT2D eigenvalue weighted by Crippen LogP contribution is -2.55. The van der Waals surface area contributed by atoms with E-state index in [1.165, 1.54) is 17.4 Å². The van der Waals surface area contributed by atoms with Crippen molar-refractivity contribution in [2.24, 2.45) is 5.92 Å². The van der Waals surface area contributed by atoms with Gasteiger partial charge in [-0.25, -0.2) is 4.98 Å². The van der Waals surface area contributed by atoms with Crippen molar-refractivity contribution in [2.75, 3.05) is 27.7 Å². The molecule has 2 aromatic rings. The van der Waals surface area contributed by atoms with Gasteiger partial charge >= 0.3 is 0 Å². The van der Waals surface area contributed by atoms with E-state index in [1.54, 1.807) is 37.2 Å². The first-order valence-corrected chi connectivity index (χ1v) is 13.3. The summed E-state index contributed by atoms with van der Waals surface area (Å²) in [6.45, 7) is 1.72. The van der Waals surface area contributed by atoms with E-state index in [4.69, 9.17) is 11.6 Å². The quantitative estimate of drug-likeness (QED) is 0.523. The van der Waals surface area contributed by atoms with Crippen LogP contribution in [0.3, 0.4) is 0 Å². The second kappa shape index (κ2) is 12.9. The Balaban J connectivity index is 0.00000380. The number of thiazole rings is 1. The van der Waals surface area contributed by atoms with E-state index in [-0.39, 0.29) is 48.1 Å². The van der Waals surface area contributed by atoms with Gasteiger partial charge in [0, 0.05) is 61.5 Å². The minimum atomic E-state index is -0.378. The lowest BCUT2D eigenvalue weighted by Gasteiger charge is -2.37. The maximum absolute atomic E-state index is 13.2. The minimum absolute atomic E-state index is 0. The van der Waals surface area contributed by atoms with Gasteiger partial charge in [-0.3, -0.25) is 14.4 Å². The number of hydrogen-bond donors (Lipinski definition) is 2. The molecule has 0 spiro atoms. The van der Waals surface area contributed by atoms with Crippen LogP contribution in [0.25, 0.3) is 6.08 Å².